The number of nitrogens with zero attached hydrogens (tertiary/aromatic N) is 3. The zero-order chi connectivity index (χ0) is 25.0. The maximum atomic E-state index is 13.3. The molecule has 1 aromatic carbocycles. The lowest BCUT2D eigenvalue weighted by Gasteiger charge is -2.34. The van der Waals surface area contributed by atoms with Gasteiger partial charge in [0.2, 0.25) is 0 Å². The molecule has 1 aliphatic carbocycles. The number of aromatic nitrogens is 1. The summed E-state index contributed by atoms with van der Waals surface area (Å²) in [6.07, 6.45) is 5.81. The molecular formula is C25H30N4O5S. The average molecular weight is 499 g/mol. The first-order chi connectivity index (χ1) is 16.9. The van der Waals surface area contributed by atoms with Gasteiger partial charge >= 0.3 is 12.0 Å². The largest absolute Gasteiger partial charge is 0.451 e. The number of thiazole rings is 1. The highest BCUT2D eigenvalue weighted by molar-refractivity contribution is 7.13. The van der Waals surface area contributed by atoms with E-state index in [2.05, 4.69) is 10.3 Å². The minimum atomic E-state index is -1.23. The monoisotopic (exact) mass is 498 g/mol. The molecule has 1 saturated carbocycles. The Morgan fingerprint density at radius 1 is 1.23 bits per heavy atom. The molecule has 0 radical (unpaired) electrons. The maximum Gasteiger partial charge on any atom is 0.327 e. The van der Waals surface area contributed by atoms with Crippen LogP contribution in [-0.4, -0.2) is 52.4 Å². The van der Waals surface area contributed by atoms with Crippen molar-refractivity contribution in [1.82, 2.24) is 15.2 Å². The normalized spacial score (nSPS) is 21.5. The van der Waals surface area contributed by atoms with Gasteiger partial charge in [-0.25, -0.2) is 9.78 Å². The molecule has 2 fully saturated rings. The smallest absolute Gasteiger partial charge is 0.327 e. The van der Waals surface area contributed by atoms with E-state index in [1.165, 1.54) is 18.3 Å². The highest BCUT2D eigenvalue weighted by Crippen LogP contribution is 2.33. The van der Waals surface area contributed by atoms with Gasteiger partial charge < -0.3 is 10.1 Å². The first-order valence-electron chi connectivity index (χ1n) is 12.0. The molecule has 9 nitrogen and oxygen atoms in total. The molecule has 1 aliphatic heterocycles. The number of hydrogen-bond donors (Lipinski definition) is 1. The summed E-state index contributed by atoms with van der Waals surface area (Å²) in [7, 11) is 0. The molecule has 2 aromatic rings. The summed E-state index contributed by atoms with van der Waals surface area (Å²) < 4.78 is 5.42. The Bertz CT molecular complexity index is 1070. The number of amides is 4. The van der Waals surface area contributed by atoms with Crippen LogP contribution in [0.1, 0.15) is 57.9 Å². The van der Waals surface area contributed by atoms with E-state index in [4.69, 9.17) is 4.74 Å². The number of imide groups is 1. The molecule has 4 amide bonds. The van der Waals surface area contributed by atoms with Gasteiger partial charge in [-0.3, -0.25) is 24.2 Å². The Hall–Kier alpha value is -3.27. The van der Waals surface area contributed by atoms with Crippen molar-refractivity contribution in [1.29, 1.82) is 0 Å². The molecule has 186 valence electrons. The zero-order valence-electron chi connectivity index (χ0n) is 19.9. The minimum absolute atomic E-state index is 0.00512. The van der Waals surface area contributed by atoms with E-state index in [0.717, 1.165) is 37.0 Å². The molecule has 35 heavy (non-hydrogen) atoms. The molecule has 4 rings (SSSR count). The van der Waals surface area contributed by atoms with E-state index in [1.807, 2.05) is 6.07 Å². The summed E-state index contributed by atoms with van der Waals surface area (Å²) in [5, 5.41) is 5.13. The van der Waals surface area contributed by atoms with Gasteiger partial charge in [0.05, 0.1) is 0 Å². The Morgan fingerprint density at radius 2 is 1.94 bits per heavy atom. The van der Waals surface area contributed by atoms with Gasteiger partial charge in [0.15, 0.2) is 11.2 Å². The van der Waals surface area contributed by atoms with Crippen LogP contribution in [0.4, 0.5) is 9.93 Å². The highest BCUT2D eigenvalue weighted by Gasteiger charge is 2.51. The van der Waals surface area contributed by atoms with Crippen molar-refractivity contribution < 1.29 is 23.9 Å². The highest BCUT2D eigenvalue weighted by atomic mass is 32.1. The van der Waals surface area contributed by atoms with Gasteiger partial charge in [-0.1, -0.05) is 56.5 Å². The van der Waals surface area contributed by atoms with Gasteiger partial charge in [-0.05, 0) is 31.7 Å². The first kappa shape index (κ1) is 24.8. The van der Waals surface area contributed by atoms with Crippen LogP contribution in [0, 0.1) is 0 Å². The van der Waals surface area contributed by atoms with E-state index in [0.29, 0.717) is 17.1 Å². The van der Waals surface area contributed by atoms with Crippen LogP contribution in [-0.2, 0) is 24.7 Å². The van der Waals surface area contributed by atoms with Crippen LogP contribution in [0.5, 0.6) is 0 Å². The van der Waals surface area contributed by atoms with E-state index >= 15 is 0 Å². The summed E-state index contributed by atoms with van der Waals surface area (Å²) in [4.78, 5) is 58.8. The summed E-state index contributed by atoms with van der Waals surface area (Å²) in [5.74, 6) is -1.69. The standard InChI is InChI=1S/C25H30N4O5S/c1-3-25(18-10-6-4-7-11-18)22(32)28(23(33)27-25)16-20(30)34-17(2)21(31)29(24-26-14-15-35-24)19-12-8-5-9-13-19/h4,6-7,10-11,14-15,17,19H,3,5,8-9,12-13,16H2,1-2H3,(H,27,33). The van der Waals surface area contributed by atoms with Crippen molar-refractivity contribution in [3.05, 3.63) is 47.5 Å². The fourth-order valence-corrected chi connectivity index (χ4v) is 5.56. The van der Waals surface area contributed by atoms with Gasteiger partial charge in [0.25, 0.3) is 11.8 Å². The number of hydrogen-bond acceptors (Lipinski definition) is 7. The second-order valence-electron chi connectivity index (χ2n) is 8.89. The first-order valence-corrected chi connectivity index (χ1v) is 12.9. The Morgan fingerprint density at radius 3 is 2.57 bits per heavy atom. The van der Waals surface area contributed by atoms with E-state index in [9.17, 15) is 19.2 Å². The van der Waals surface area contributed by atoms with Gasteiger partial charge in [0.1, 0.15) is 12.1 Å². The molecule has 0 bridgehead atoms. The Balaban J connectivity index is 1.44. The van der Waals surface area contributed by atoms with Gasteiger partial charge in [-0.15, -0.1) is 11.3 Å². The molecular weight excluding hydrogens is 468 g/mol. The number of anilines is 1. The topological polar surface area (TPSA) is 109 Å². The maximum absolute atomic E-state index is 13.3. The quantitative estimate of drug-likeness (QED) is 0.440. The number of carbonyl (C=O) groups is 4. The van der Waals surface area contributed by atoms with Crippen LogP contribution in [0.2, 0.25) is 0 Å². The Kier molecular flexibility index (Phi) is 7.49. The summed E-state index contributed by atoms with van der Waals surface area (Å²) in [6.45, 7) is 2.74. The molecule has 2 heterocycles. The summed E-state index contributed by atoms with van der Waals surface area (Å²) in [6, 6.07) is 8.28. The summed E-state index contributed by atoms with van der Waals surface area (Å²) in [5.41, 5.74) is -0.588. The van der Waals surface area contributed by atoms with Gasteiger partial charge in [-0.2, -0.15) is 0 Å². The van der Waals surface area contributed by atoms with E-state index < -0.39 is 36.1 Å². The second kappa shape index (κ2) is 10.6. The molecule has 2 atom stereocenters. The molecule has 1 N–H and O–H groups in total. The van der Waals surface area contributed by atoms with Crippen LogP contribution in [0.3, 0.4) is 0 Å². The number of ether oxygens (including phenoxy) is 1. The fourth-order valence-electron chi connectivity index (χ4n) is 4.85. The third-order valence-electron chi connectivity index (χ3n) is 6.72. The lowest BCUT2D eigenvalue weighted by Crippen LogP contribution is -2.48. The Labute approximate surface area is 208 Å². The van der Waals surface area contributed by atoms with Crippen LogP contribution < -0.4 is 10.2 Å². The van der Waals surface area contributed by atoms with Crippen molar-refractivity contribution in [3.8, 4) is 0 Å². The number of carbonyl (C=O) groups excluding carboxylic acids is 4. The van der Waals surface area contributed by atoms with Crippen LogP contribution >= 0.6 is 11.3 Å². The zero-order valence-corrected chi connectivity index (χ0v) is 20.8. The number of nitrogens with one attached hydrogen (secondary N) is 1. The van der Waals surface area contributed by atoms with Crippen molar-refractivity contribution in [2.24, 2.45) is 0 Å². The third kappa shape index (κ3) is 4.93. The second-order valence-corrected chi connectivity index (χ2v) is 9.77. The predicted molar refractivity (Wildman–Crippen MR) is 131 cm³/mol. The fraction of sp³-hybridized carbons (Fsp3) is 0.480. The molecule has 0 spiro atoms. The number of rotatable bonds is 8. The van der Waals surface area contributed by atoms with Crippen molar-refractivity contribution in [2.45, 2.75) is 70.1 Å². The molecule has 1 saturated heterocycles. The third-order valence-corrected chi connectivity index (χ3v) is 7.49. The van der Waals surface area contributed by atoms with E-state index in [1.54, 1.807) is 47.7 Å². The molecule has 1 aromatic heterocycles. The lowest BCUT2D eigenvalue weighted by molar-refractivity contribution is -0.156. The molecule has 2 unspecified atom stereocenters. The SMILES string of the molecule is CCC1(c2ccccc2)NC(=O)N(CC(=O)OC(C)C(=O)N(c2nccs2)C2CCCCC2)C1=O. The predicted octanol–water partition coefficient (Wildman–Crippen LogP) is 3.60. The number of urea groups is 1. The van der Waals surface area contributed by atoms with Gasteiger partial charge in [0, 0.05) is 17.6 Å². The van der Waals surface area contributed by atoms with Crippen LogP contribution in [0.25, 0.3) is 0 Å². The number of benzene rings is 1. The summed E-state index contributed by atoms with van der Waals surface area (Å²) >= 11 is 1.36. The van der Waals surface area contributed by atoms with Crippen LogP contribution in [0.15, 0.2) is 41.9 Å². The molecule has 2 aliphatic rings. The average Bonchev–Trinajstić information content (AvgIpc) is 3.48. The van der Waals surface area contributed by atoms with Crippen molar-refractivity contribution >= 4 is 40.3 Å². The number of esters is 1. The molecule has 10 heteroatoms. The lowest BCUT2D eigenvalue weighted by atomic mass is 9.87. The minimum Gasteiger partial charge on any atom is -0.451 e. The van der Waals surface area contributed by atoms with E-state index in [-0.39, 0.29) is 11.9 Å². The van der Waals surface area contributed by atoms with Crippen molar-refractivity contribution in [3.63, 3.8) is 0 Å². The van der Waals surface area contributed by atoms with Crippen molar-refractivity contribution in [2.75, 3.05) is 11.4 Å².